The van der Waals surface area contributed by atoms with Crippen LogP contribution in [0.25, 0.3) is 0 Å². The van der Waals surface area contributed by atoms with Crippen LogP contribution >= 0.6 is 12.4 Å². The average molecular weight is 150 g/mol. The highest BCUT2D eigenvalue weighted by molar-refractivity contribution is 5.85. The van der Waals surface area contributed by atoms with E-state index in [1.54, 1.807) is 0 Å². The van der Waals surface area contributed by atoms with Crippen LogP contribution in [0.5, 0.6) is 0 Å². The molecule has 0 spiro atoms. The lowest BCUT2D eigenvalue weighted by atomic mass is 9.78. The minimum absolute atomic E-state index is 0. The molecule has 2 nitrogen and oxygen atoms in total. The smallest absolute Gasteiger partial charge is 0.0755 e. The largest absolute Gasteiger partial charge is 0.376 e. The van der Waals surface area contributed by atoms with E-state index in [0.29, 0.717) is 12.1 Å². The second kappa shape index (κ2) is 2.45. The minimum atomic E-state index is 0. The van der Waals surface area contributed by atoms with Gasteiger partial charge >= 0.3 is 0 Å². The number of rotatable bonds is 0. The number of nitrogens with two attached hydrogens (primary N) is 1. The molecule has 0 aromatic carbocycles. The van der Waals surface area contributed by atoms with Gasteiger partial charge in [-0.3, -0.25) is 0 Å². The predicted molar refractivity (Wildman–Crippen MR) is 37.7 cm³/mol. The highest BCUT2D eigenvalue weighted by Crippen LogP contribution is 2.36. The lowest BCUT2D eigenvalue weighted by molar-refractivity contribution is 0.0133. The zero-order valence-electron chi connectivity index (χ0n) is 5.25. The lowest BCUT2D eigenvalue weighted by Gasteiger charge is -2.35. The Bertz CT molecular complexity index is 109. The minimum Gasteiger partial charge on any atom is -0.376 e. The zero-order chi connectivity index (χ0) is 5.56. The molecule has 0 aromatic heterocycles. The van der Waals surface area contributed by atoms with Gasteiger partial charge in [-0.25, -0.2) is 0 Å². The third kappa shape index (κ3) is 0.955. The fourth-order valence-corrected chi connectivity index (χ4v) is 1.67. The summed E-state index contributed by atoms with van der Waals surface area (Å²) in [5, 5.41) is 0. The summed E-state index contributed by atoms with van der Waals surface area (Å²) in [6.07, 6.45) is 2.89. The number of hydrogen-bond acceptors (Lipinski definition) is 2. The molecule has 0 unspecified atom stereocenters. The average Bonchev–Trinajstić information content (AvgIpc) is 2.09. The number of fused-ring (bicyclic) bond motifs is 1. The molecule has 1 saturated heterocycles. The molecule has 0 aromatic rings. The van der Waals surface area contributed by atoms with E-state index in [1.807, 2.05) is 0 Å². The molecule has 1 aliphatic carbocycles. The molecule has 1 heterocycles. The summed E-state index contributed by atoms with van der Waals surface area (Å²) >= 11 is 0. The third-order valence-electron chi connectivity index (χ3n) is 2.26. The number of halogens is 1. The van der Waals surface area contributed by atoms with E-state index >= 15 is 0 Å². The predicted octanol–water partition coefficient (Wildman–Crippen LogP) is 0.544. The summed E-state index contributed by atoms with van der Waals surface area (Å²) in [5.74, 6) is 0.824. The Morgan fingerprint density at radius 1 is 1.44 bits per heavy atom. The molecule has 1 aliphatic heterocycles. The Hall–Kier alpha value is 0.210. The van der Waals surface area contributed by atoms with Gasteiger partial charge in [0.15, 0.2) is 0 Å². The van der Waals surface area contributed by atoms with Crippen LogP contribution in [0.15, 0.2) is 0 Å². The van der Waals surface area contributed by atoms with Crippen molar-refractivity contribution in [2.75, 3.05) is 6.61 Å². The van der Waals surface area contributed by atoms with Crippen LogP contribution in [0.2, 0.25) is 0 Å². The monoisotopic (exact) mass is 149 g/mol. The maximum absolute atomic E-state index is 5.64. The van der Waals surface area contributed by atoms with Crippen LogP contribution in [0.4, 0.5) is 0 Å². The Morgan fingerprint density at radius 2 is 2.22 bits per heavy atom. The zero-order valence-corrected chi connectivity index (χ0v) is 6.06. The van der Waals surface area contributed by atoms with Gasteiger partial charge in [0.1, 0.15) is 0 Å². The van der Waals surface area contributed by atoms with Gasteiger partial charge < -0.3 is 10.5 Å². The van der Waals surface area contributed by atoms with E-state index in [4.69, 9.17) is 10.5 Å². The van der Waals surface area contributed by atoms with Crippen LogP contribution in [-0.2, 0) is 4.74 Å². The Labute approximate surface area is 61.2 Å². The normalized spacial score (nSPS) is 47.0. The van der Waals surface area contributed by atoms with Crippen LogP contribution in [0, 0.1) is 5.92 Å². The van der Waals surface area contributed by atoms with Gasteiger partial charge in [0.2, 0.25) is 0 Å². The first-order chi connectivity index (χ1) is 3.88. The molecule has 9 heavy (non-hydrogen) atoms. The Morgan fingerprint density at radius 3 is 2.67 bits per heavy atom. The van der Waals surface area contributed by atoms with Gasteiger partial charge in [-0.05, 0) is 18.8 Å². The van der Waals surface area contributed by atoms with Crippen molar-refractivity contribution in [1.82, 2.24) is 0 Å². The molecule has 3 atom stereocenters. The van der Waals surface area contributed by atoms with E-state index < -0.39 is 0 Å². The molecule has 2 rings (SSSR count). The van der Waals surface area contributed by atoms with E-state index in [-0.39, 0.29) is 12.4 Å². The summed E-state index contributed by atoms with van der Waals surface area (Å²) in [7, 11) is 0. The van der Waals surface area contributed by atoms with Gasteiger partial charge in [-0.15, -0.1) is 12.4 Å². The SMILES string of the molecule is Cl.N[C@@H]1C[C@H]2CCO[C@H]21. The van der Waals surface area contributed by atoms with Crippen molar-refractivity contribution < 1.29 is 4.74 Å². The summed E-state index contributed by atoms with van der Waals surface area (Å²) in [6, 6.07) is 0.363. The van der Waals surface area contributed by atoms with Crippen LogP contribution in [-0.4, -0.2) is 18.8 Å². The first-order valence-corrected chi connectivity index (χ1v) is 3.25. The molecular formula is C6H12ClNO. The van der Waals surface area contributed by atoms with E-state index in [1.165, 1.54) is 12.8 Å². The third-order valence-corrected chi connectivity index (χ3v) is 2.26. The van der Waals surface area contributed by atoms with E-state index in [0.717, 1.165) is 12.5 Å². The maximum Gasteiger partial charge on any atom is 0.0755 e. The summed E-state index contributed by atoms with van der Waals surface area (Å²) in [6.45, 7) is 0.947. The van der Waals surface area contributed by atoms with E-state index in [2.05, 4.69) is 0 Å². The molecule has 0 bridgehead atoms. The Balaban J connectivity index is 0.000000405. The quantitative estimate of drug-likeness (QED) is 0.546. The molecule has 0 radical (unpaired) electrons. The second-order valence-corrected chi connectivity index (χ2v) is 2.78. The van der Waals surface area contributed by atoms with Crippen LogP contribution in [0.3, 0.4) is 0 Å². The molecule has 0 amide bonds. The lowest BCUT2D eigenvalue weighted by Crippen LogP contribution is -2.49. The van der Waals surface area contributed by atoms with Crippen molar-refractivity contribution in [3.8, 4) is 0 Å². The van der Waals surface area contributed by atoms with Gasteiger partial charge in [-0.2, -0.15) is 0 Å². The topological polar surface area (TPSA) is 35.2 Å². The number of hydrogen-bond donors (Lipinski definition) is 1. The molecule has 2 aliphatic rings. The fraction of sp³-hybridized carbons (Fsp3) is 1.00. The number of ether oxygens (including phenoxy) is 1. The van der Waals surface area contributed by atoms with Crippen molar-refractivity contribution in [3.05, 3.63) is 0 Å². The molecule has 2 fully saturated rings. The van der Waals surface area contributed by atoms with Crippen molar-refractivity contribution in [2.24, 2.45) is 11.7 Å². The van der Waals surface area contributed by atoms with Gasteiger partial charge in [0.05, 0.1) is 6.10 Å². The summed E-state index contributed by atoms with van der Waals surface area (Å²) < 4.78 is 5.34. The van der Waals surface area contributed by atoms with E-state index in [9.17, 15) is 0 Å². The van der Waals surface area contributed by atoms with Crippen molar-refractivity contribution >= 4 is 12.4 Å². The van der Waals surface area contributed by atoms with Gasteiger partial charge in [0.25, 0.3) is 0 Å². The van der Waals surface area contributed by atoms with Crippen molar-refractivity contribution in [1.29, 1.82) is 0 Å². The van der Waals surface area contributed by atoms with Crippen molar-refractivity contribution in [2.45, 2.75) is 25.0 Å². The molecule has 3 heteroatoms. The second-order valence-electron chi connectivity index (χ2n) is 2.78. The molecular weight excluding hydrogens is 138 g/mol. The maximum atomic E-state index is 5.64. The summed E-state index contributed by atoms with van der Waals surface area (Å²) in [5.41, 5.74) is 5.64. The summed E-state index contributed by atoms with van der Waals surface area (Å²) in [4.78, 5) is 0. The first kappa shape index (κ1) is 7.32. The van der Waals surface area contributed by atoms with Crippen LogP contribution in [0.1, 0.15) is 12.8 Å². The van der Waals surface area contributed by atoms with Crippen LogP contribution < -0.4 is 5.73 Å². The van der Waals surface area contributed by atoms with Gasteiger partial charge in [0, 0.05) is 12.6 Å². The highest BCUT2D eigenvalue weighted by Gasteiger charge is 2.42. The molecule has 1 saturated carbocycles. The molecule has 2 N–H and O–H groups in total. The standard InChI is InChI=1S/C6H11NO.ClH/c7-5-3-4-1-2-8-6(4)5;/h4-6H,1-3,7H2;1H/t4-,5-,6-;/m1./s1. The highest BCUT2D eigenvalue weighted by atomic mass is 35.5. The fourth-order valence-electron chi connectivity index (χ4n) is 1.67. The first-order valence-electron chi connectivity index (χ1n) is 3.25. The van der Waals surface area contributed by atoms with Crippen molar-refractivity contribution in [3.63, 3.8) is 0 Å². The Kier molecular flexibility index (Phi) is 1.99. The van der Waals surface area contributed by atoms with Gasteiger partial charge in [-0.1, -0.05) is 0 Å². The molecule has 54 valence electrons.